The Balaban J connectivity index is 1.60. The highest BCUT2D eigenvalue weighted by molar-refractivity contribution is 5.84. The van der Waals surface area contributed by atoms with Crippen LogP contribution in [-0.4, -0.2) is 19.8 Å². The maximum absolute atomic E-state index is 13.1. The van der Waals surface area contributed by atoms with Gasteiger partial charge >= 0.3 is 0 Å². The molecule has 2 aromatic carbocycles. The molecule has 1 saturated carbocycles. The highest BCUT2D eigenvalue weighted by atomic mass is 16.7. The van der Waals surface area contributed by atoms with Crippen molar-refractivity contribution in [2.45, 2.75) is 37.3 Å². The summed E-state index contributed by atoms with van der Waals surface area (Å²) in [6.45, 7) is 0.0879. The number of hydrogen-bond donors (Lipinski definition) is 1. The summed E-state index contributed by atoms with van der Waals surface area (Å²) in [5.74, 6) is 1.41. The number of nitrogens with one attached hydrogen (secondary N) is 1. The summed E-state index contributed by atoms with van der Waals surface area (Å²) < 4.78 is 16.4. The molecule has 0 bridgehead atoms. The van der Waals surface area contributed by atoms with E-state index in [2.05, 4.69) is 5.32 Å². The lowest BCUT2D eigenvalue weighted by molar-refractivity contribution is -0.144. The summed E-state index contributed by atoms with van der Waals surface area (Å²) in [5, 5.41) is 3.30. The molecule has 4 rings (SSSR count). The number of carbonyl (C=O) groups excluding carboxylic acids is 1. The average Bonchev–Trinajstić information content (AvgIpc) is 3.17. The van der Waals surface area contributed by atoms with Crippen LogP contribution in [0.3, 0.4) is 0 Å². The molecule has 1 aliphatic carbocycles. The highest BCUT2D eigenvalue weighted by Gasteiger charge is 2.40. The van der Waals surface area contributed by atoms with Gasteiger partial charge in [-0.2, -0.15) is 0 Å². The summed E-state index contributed by atoms with van der Waals surface area (Å²) in [5.41, 5.74) is 1.54. The van der Waals surface area contributed by atoms with Gasteiger partial charge in [0.15, 0.2) is 12.9 Å². The van der Waals surface area contributed by atoms with Crippen molar-refractivity contribution in [3.63, 3.8) is 0 Å². The molecule has 1 aliphatic heterocycles. The van der Waals surface area contributed by atoms with Crippen LogP contribution >= 0.6 is 0 Å². The number of ether oxygens (including phenoxy) is 3. The zero-order valence-corrected chi connectivity index (χ0v) is 14.9. The van der Waals surface area contributed by atoms with Crippen molar-refractivity contribution in [3.8, 4) is 11.5 Å². The molecule has 26 heavy (non-hydrogen) atoms. The van der Waals surface area contributed by atoms with Crippen LogP contribution in [-0.2, 0) is 15.1 Å². The Hall–Kier alpha value is -2.53. The monoisotopic (exact) mass is 353 g/mol. The Morgan fingerprint density at radius 3 is 2.58 bits per heavy atom. The average molecular weight is 353 g/mol. The predicted molar refractivity (Wildman–Crippen MR) is 97.0 cm³/mol. The van der Waals surface area contributed by atoms with Crippen LogP contribution in [0.25, 0.3) is 0 Å². The van der Waals surface area contributed by atoms with Gasteiger partial charge in [0, 0.05) is 5.56 Å². The van der Waals surface area contributed by atoms with E-state index in [4.69, 9.17) is 14.2 Å². The first kappa shape index (κ1) is 16.9. The molecular formula is C21H23NO4. The molecule has 1 N–H and O–H groups in total. The smallest absolute Gasteiger partial charge is 0.254 e. The van der Waals surface area contributed by atoms with E-state index in [1.807, 2.05) is 48.5 Å². The number of amides is 1. The Morgan fingerprint density at radius 2 is 1.85 bits per heavy atom. The van der Waals surface area contributed by atoms with Gasteiger partial charge in [0.2, 0.25) is 0 Å². The Morgan fingerprint density at radius 1 is 1.12 bits per heavy atom. The van der Waals surface area contributed by atoms with E-state index in [9.17, 15) is 4.79 Å². The third-order valence-electron chi connectivity index (χ3n) is 5.35. The number of carbonyl (C=O) groups is 1. The van der Waals surface area contributed by atoms with Crippen molar-refractivity contribution in [1.82, 2.24) is 5.32 Å². The summed E-state index contributed by atoms with van der Waals surface area (Å²) in [4.78, 5) is 13.1. The van der Waals surface area contributed by atoms with Gasteiger partial charge < -0.3 is 19.5 Å². The van der Waals surface area contributed by atoms with Crippen molar-refractivity contribution in [2.75, 3.05) is 13.9 Å². The van der Waals surface area contributed by atoms with Crippen molar-refractivity contribution in [1.29, 1.82) is 0 Å². The molecule has 1 fully saturated rings. The van der Waals surface area contributed by atoms with Gasteiger partial charge in [0.05, 0.1) is 12.6 Å². The molecule has 0 unspecified atom stereocenters. The molecule has 136 valence electrons. The van der Waals surface area contributed by atoms with E-state index < -0.39 is 6.10 Å². The molecule has 1 heterocycles. The van der Waals surface area contributed by atoms with Crippen molar-refractivity contribution >= 4 is 5.91 Å². The van der Waals surface area contributed by atoms with Gasteiger partial charge in [-0.05, 0) is 36.6 Å². The molecular weight excluding hydrogens is 330 g/mol. The second-order valence-corrected chi connectivity index (χ2v) is 6.85. The summed E-state index contributed by atoms with van der Waals surface area (Å²) in [6.07, 6.45) is 3.40. The van der Waals surface area contributed by atoms with Crippen LogP contribution in [0.5, 0.6) is 11.5 Å². The normalized spacial score (nSPS) is 20.7. The van der Waals surface area contributed by atoms with Crippen LogP contribution < -0.4 is 14.8 Å². The van der Waals surface area contributed by atoms with Crippen molar-refractivity contribution < 1.29 is 19.0 Å². The first-order valence-electron chi connectivity index (χ1n) is 9.02. The predicted octanol–water partition coefficient (Wildman–Crippen LogP) is 3.69. The molecule has 5 heteroatoms. The van der Waals surface area contributed by atoms with Gasteiger partial charge in [-0.1, -0.05) is 43.2 Å². The Kier molecular flexibility index (Phi) is 4.55. The number of para-hydroxylation sites is 1. The van der Waals surface area contributed by atoms with Crippen LogP contribution in [0.1, 0.15) is 42.9 Å². The first-order valence-corrected chi connectivity index (χ1v) is 9.02. The third kappa shape index (κ3) is 3.03. The van der Waals surface area contributed by atoms with Crippen LogP contribution in [0.2, 0.25) is 0 Å². The maximum Gasteiger partial charge on any atom is 0.254 e. The number of methoxy groups -OCH3 is 1. The minimum atomic E-state index is -0.643. The Bertz CT molecular complexity index is 781. The zero-order valence-electron chi connectivity index (χ0n) is 14.9. The van der Waals surface area contributed by atoms with E-state index in [1.54, 1.807) is 7.11 Å². The standard InChI is InChI=1S/C21H23NO4/c1-24-16-10-8-15(9-11-16)21(12-4-5-13-21)22-20(23)19-17-6-2-3-7-18(17)25-14-26-19/h2-3,6-11,19H,4-5,12-14H2,1H3,(H,22,23)/t19-/m0/s1. The summed E-state index contributed by atoms with van der Waals surface area (Å²) in [6, 6.07) is 15.5. The zero-order chi connectivity index (χ0) is 18.0. The number of fused-ring (bicyclic) bond motifs is 1. The maximum atomic E-state index is 13.1. The van der Waals surface area contributed by atoms with Gasteiger partial charge in [0.25, 0.3) is 5.91 Å². The van der Waals surface area contributed by atoms with E-state index in [-0.39, 0.29) is 18.2 Å². The lowest BCUT2D eigenvalue weighted by Gasteiger charge is -2.34. The van der Waals surface area contributed by atoms with Crippen LogP contribution in [0, 0.1) is 0 Å². The topological polar surface area (TPSA) is 56.8 Å². The fraction of sp³-hybridized carbons (Fsp3) is 0.381. The third-order valence-corrected chi connectivity index (χ3v) is 5.35. The minimum Gasteiger partial charge on any atom is -0.497 e. The molecule has 0 aromatic heterocycles. The van der Waals surface area contributed by atoms with E-state index in [0.29, 0.717) is 5.75 Å². The second-order valence-electron chi connectivity index (χ2n) is 6.85. The van der Waals surface area contributed by atoms with Crippen LogP contribution in [0.15, 0.2) is 48.5 Å². The van der Waals surface area contributed by atoms with Crippen molar-refractivity contribution in [2.24, 2.45) is 0 Å². The number of benzene rings is 2. The van der Waals surface area contributed by atoms with Crippen molar-refractivity contribution in [3.05, 3.63) is 59.7 Å². The van der Waals surface area contributed by atoms with Crippen LogP contribution in [0.4, 0.5) is 0 Å². The first-order chi connectivity index (χ1) is 12.7. The second kappa shape index (κ2) is 7.00. The number of hydrogen-bond acceptors (Lipinski definition) is 4. The minimum absolute atomic E-state index is 0.0879. The molecule has 2 aromatic rings. The van der Waals surface area contributed by atoms with E-state index in [1.165, 1.54) is 0 Å². The van der Waals surface area contributed by atoms with Gasteiger partial charge in [0.1, 0.15) is 11.5 Å². The van der Waals surface area contributed by atoms with E-state index >= 15 is 0 Å². The number of rotatable bonds is 4. The fourth-order valence-corrected chi connectivity index (χ4v) is 3.98. The lowest BCUT2D eigenvalue weighted by Crippen LogP contribution is -2.47. The lowest BCUT2D eigenvalue weighted by atomic mass is 9.87. The molecule has 1 amide bonds. The SMILES string of the molecule is COc1ccc(C2(NC(=O)[C@H]3OCOc4ccccc43)CCCC2)cc1. The van der Waals surface area contributed by atoms with Gasteiger partial charge in [-0.15, -0.1) is 0 Å². The molecule has 5 nitrogen and oxygen atoms in total. The van der Waals surface area contributed by atoms with Gasteiger partial charge in [-0.25, -0.2) is 0 Å². The van der Waals surface area contributed by atoms with Gasteiger partial charge in [-0.3, -0.25) is 4.79 Å². The highest BCUT2D eigenvalue weighted by Crippen LogP contribution is 2.40. The molecule has 2 aliphatic rings. The quantitative estimate of drug-likeness (QED) is 0.911. The fourth-order valence-electron chi connectivity index (χ4n) is 3.98. The molecule has 0 radical (unpaired) electrons. The summed E-state index contributed by atoms with van der Waals surface area (Å²) in [7, 11) is 1.65. The largest absolute Gasteiger partial charge is 0.497 e. The molecule has 0 saturated heterocycles. The molecule has 0 spiro atoms. The van der Waals surface area contributed by atoms with E-state index in [0.717, 1.165) is 42.6 Å². The summed E-state index contributed by atoms with van der Waals surface area (Å²) >= 11 is 0. The molecule has 1 atom stereocenters. The Labute approximate surface area is 153 Å².